The predicted octanol–water partition coefficient (Wildman–Crippen LogP) is 2.29. The first kappa shape index (κ1) is 19.4. The molecule has 0 radical (unpaired) electrons. The van der Waals surface area contributed by atoms with E-state index >= 15 is 0 Å². The maximum atomic E-state index is 12.6. The Balaban J connectivity index is 1.62. The highest BCUT2D eigenvalue weighted by atomic mass is 16.4. The zero-order chi connectivity index (χ0) is 20.7. The fourth-order valence-electron chi connectivity index (χ4n) is 4.16. The molecule has 1 atom stereocenters. The van der Waals surface area contributed by atoms with Gasteiger partial charge in [0.2, 0.25) is 0 Å². The van der Waals surface area contributed by atoms with Gasteiger partial charge in [-0.05, 0) is 31.9 Å². The lowest BCUT2D eigenvalue weighted by Gasteiger charge is -2.19. The van der Waals surface area contributed by atoms with Crippen molar-refractivity contribution in [1.82, 2.24) is 19.0 Å². The molecule has 0 fully saturated rings. The summed E-state index contributed by atoms with van der Waals surface area (Å²) >= 11 is 0. The summed E-state index contributed by atoms with van der Waals surface area (Å²) in [7, 11) is 1.77. The number of aromatic nitrogens is 3. The fourth-order valence-corrected chi connectivity index (χ4v) is 4.16. The molecule has 0 bridgehead atoms. The Kier molecular flexibility index (Phi) is 5.00. The van der Waals surface area contributed by atoms with Gasteiger partial charge in [0, 0.05) is 55.8 Å². The average Bonchev–Trinajstić information content (AvgIpc) is 2.94. The van der Waals surface area contributed by atoms with Crippen LogP contribution in [0.4, 0.5) is 0 Å². The monoisotopic (exact) mass is 394 g/mol. The van der Waals surface area contributed by atoms with Crippen LogP contribution in [0.15, 0.2) is 35.3 Å². The number of hydrogen-bond donors (Lipinski definition) is 1. The lowest BCUT2D eigenvalue weighted by molar-refractivity contribution is -0.140. The van der Waals surface area contributed by atoms with Crippen molar-refractivity contribution in [3.05, 3.63) is 63.5 Å². The molecule has 0 aliphatic carbocycles. The normalized spacial score (nSPS) is 15.8. The van der Waals surface area contributed by atoms with E-state index in [9.17, 15) is 14.7 Å². The summed E-state index contributed by atoms with van der Waals surface area (Å²) in [6, 6.07) is 7.30. The molecule has 1 unspecified atom stereocenters. The molecule has 1 N–H and O–H groups in total. The highest BCUT2D eigenvalue weighted by Crippen LogP contribution is 2.26. The lowest BCUT2D eigenvalue weighted by atomic mass is 10.1. The van der Waals surface area contributed by atoms with Crippen molar-refractivity contribution >= 4 is 16.9 Å². The van der Waals surface area contributed by atoms with Gasteiger partial charge in [-0.25, -0.2) is 9.78 Å². The molecule has 0 spiro atoms. The van der Waals surface area contributed by atoms with Crippen LogP contribution < -0.4 is 5.56 Å². The third-order valence-electron chi connectivity index (χ3n) is 6.03. The minimum Gasteiger partial charge on any atom is -0.480 e. The van der Waals surface area contributed by atoms with E-state index in [2.05, 4.69) is 9.88 Å². The Morgan fingerprint density at radius 2 is 1.97 bits per heavy atom. The topological polar surface area (TPSA) is 80.4 Å². The van der Waals surface area contributed by atoms with E-state index in [4.69, 9.17) is 0 Å². The molecule has 7 nitrogen and oxygen atoms in total. The van der Waals surface area contributed by atoms with E-state index in [1.54, 1.807) is 18.5 Å². The van der Waals surface area contributed by atoms with Crippen molar-refractivity contribution in [2.75, 3.05) is 13.1 Å². The number of hydrogen-bond acceptors (Lipinski definition) is 4. The Hall–Kier alpha value is -2.93. The van der Waals surface area contributed by atoms with Gasteiger partial charge in [-0.1, -0.05) is 18.2 Å². The van der Waals surface area contributed by atoms with Crippen molar-refractivity contribution in [2.24, 2.45) is 7.05 Å². The summed E-state index contributed by atoms with van der Waals surface area (Å²) in [5.74, 6) is -0.104. The fraction of sp³-hybridized carbons (Fsp3) is 0.409. The van der Waals surface area contributed by atoms with Crippen LogP contribution in [0.2, 0.25) is 0 Å². The third kappa shape index (κ3) is 3.46. The second kappa shape index (κ2) is 7.48. The largest absolute Gasteiger partial charge is 0.480 e. The van der Waals surface area contributed by atoms with Crippen molar-refractivity contribution in [2.45, 2.75) is 39.3 Å². The van der Waals surface area contributed by atoms with Crippen LogP contribution in [-0.2, 0) is 31.2 Å². The van der Waals surface area contributed by atoms with Gasteiger partial charge in [-0.15, -0.1) is 0 Å². The van der Waals surface area contributed by atoms with Gasteiger partial charge in [0.25, 0.3) is 5.56 Å². The maximum absolute atomic E-state index is 12.6. The Morgan fingerprint density at radius 1 is 1.24 bits per heavy atom. The van der Waals surface area contributed by atoms with Crippen LogP contribution in [-0.4, -0.2) is 43.2 Å². The summed E-state index contributed by atoms with van der Waals surface area (Å²) in [6.07, 6.45) is 3.39. The smallest absolute Gasteiger partial charge is 0.326 e. The first-order valence-electron chi connectivity index (χ1n) is 9.95. The first-order valence-corrected chi connectivity index (χ1v) is 9.95. The number of para-hydroxylation sites is 1. The number of carboxylic acids is 1. The molecular formula is C22H26N4O3. The van der Waals surface area contributed by atoms with Gasteiger partial charge in [-0.3, -0.25) is 14.3 Å². The molecule has 29 heavy (non-hydrogen) atoms. The molecule has 1 aromatic carbocycles. The number of aliphatic carboxylic acids is 1. The summed E-state index contributed by atoms with van der Waals surface area (Å²) in [5.41, 5.74) is 3.83. The average molecular weight is 394 g/mol. The van der Waals surface area contributed by atoms with Crippen LogP contribution in [0, 0.1) is 6.92 Å². The highest BCUT2D eigenvalue weighted by Gasteiger charge is 2.22. The van der Waals surface area contributed by atoms with Gasteiger partial charge in [-0.2, -0.15) is 0 Å². The minimum atomic E-state index is -0.847. The Bertz CT molecular complexity index is 1140. The summed E-state index contributed by atoms with van der Waals surface area (Å²) < 4.78 is 3.45. The quantitative estimate of drug-likeness (QED) is 0.734. The molecule has 0 amide bonds. The second-order valence-electron chi connectivity index (χ2n) is 7.82. The molecule has 3 aromatic rings. The predicted molar refractivity (Wildman–Crippen MR) is 111 cm³/mol. The second-order valence-corrected chi connectivity index (χ2v) is 7.82. The van der Waals surface area contributed by atoms with E-state index in [-0.39, 0.29) is 5.56 Å². The van der Waals surface area contributed by atoms with E-state index < -0.39 is 12.0 Å². The SMILES string of the molecule is Cc1nc2c(c(=O)n1C)CCN(Cc1cn(C(C)C(=O)O)c3ccccc13)CC2. The number of aryl methyl sites for hydroxylation is 1. The van der Waals surface area contributed by atoms with Gasteiger partial charge in [0.05, 0.1) is 5.69 Å². The first-order chi connectivity index (χ1) is 13.9. The standard InChI is InChI=1S/C22H26N4O3/c1-14(22(28)29)26-13-16(17-6-4-5-7-20(17)26)12-25-10-8-18-19(9-11-25)23-15(2)24(3)21(18)27/h4-7,13-14H,8-12H2,1-3H3,(H,28,29). The van der Waals surface area contributed by atoms with Crippen molar-refractivity contribution in [3.8, 4) is 0 Å². The molecular weight excluding hydrogens is 368 g/mol. The summed E-state index contributed by atoms with van der Waals surface area (Å²) in [6.45, 7) is 5.88. The van der Waals surface area contributed by atoms with Crippen LogP contribution in [0.5, 0.6) is 0 Å². The zero-order valence-corrected chi connectivity index (χ0v) is 17.1. The van der Waals surface area contributed by atoms with Gasteiger partial charge in [0.1, 0.15) is 11.9 Å². The van der Waals surface area contributed by atoms with Crippen molar-refractivity contribution in [3.63, 3.8) is 0 Å². The molecule has 152 valence electrons. The molecule has 3 heterocycles. The highest BCUT2D eigenvalue weighted by molar-refractivity contribution is 5.86. The van der Waals surface area contributed by atoms with E-state index in [1.807, 2.05) is 42.0 Å². The number of fused-ring (bicyclic) bond motifs is 2. The van der Waals surface area contributed by atoms with E-state index in [0.29, 0.717) is 13.0 Å². The van der Waals surface area contributed by atoms with Crippen LogP contribution >= 0.6 is 0 Å². The number of carbonyl (C=O) groups is 1. The molecule has 7 heteroatoms. The zero-order valence-electron chi connectivity index (χ0n) is 17.1. The Labute approximate surface area is 169 Å². The number of nitrogens with zero attached hydrogens (tertiary/aromatic N) is 4. The molecule has 1 aliphatic rings. The van der Waals surface area contributed by atoms with Gasteiger partial charge < -0.3 is 9.67 Å². The molecule has 2 aromatic heterocycles. The maximum Gasteiger partial charge on any atom is 0.326 e. The van der Waals surface area contributed by atoms with E-state index in [0.717, 1.165) is 53.1 Å². The molecule has 0 saturated heterocycles. The van der Waals surface area contributed by atoms with Crippen molar-refractivity contribution in [1.29, 1.82) is 0 Å². The number of carboxylic acid groups (broad SMARTS) is 1. The lowest BCUT2D eigenvalue weighted by Crippen LogP contribution is -2.28. The number of rotatable bonds is 4. The molecule has 0 saturated carbocycles. The van der Waals surface area contributed by atoms with Crippen LogP contribution in [0.25, 0.3) is 10.9 Å². The Morgan fingerprint density at radius 3 is 2.72 bits per heavy atom. The summed E-state index contributed by atoms with van der Waals surface area (Å²) in [4.78, 5) is 31.1. The third-order valence-corrected chi connectivity index (χ3v) is 6.03. The van der Waals surface area contributed by atoms with Crippen molar-refractivity contribution < 1.29 is 9.90 Å². The van der Waals surface area contributed by atoms with Gasteiger partial charge >= 0.3 is 5.97 Å². The minimum absolute atomic E-state index is 0.0567. The van der Waals surface area contributed by atoms with Crippen LogP contribution in [0.3, 0.4) is 0 Å². The van der Waals surface area contributed by atoms with E-state index in [1.165, 1.54) is 0 Å². The summed E-state index contributed by atoms with van der Waals surface area (Å²) in [5, 5.41) is 10.5. The molecule has 4 rings (SSSR count). The number of benzene rings is 1. The molecule has 1 aliphatic heterocycles. The van der Waals surface area contributed by atoms with Gasteiger partial charge in [0.15, 0.2) is 0 Å². The van der Waals surface area contributed by atoms with Crippen LogP contribution in [0.1, 0.15) is 35.6 Å².